The van der Waals surface area contributed by atoms with Crippen LogP contribution in [0.2, 0.25) is 5.02 Å². The Morgan fingerprint density at radius 3 is 2.35 bits per heavy atom. The Balaban J connectivity index is 2.52. The average molecular weight is 532 g/mol. The first kappa shape index (κ1) is 29.9. The Kier molecular flexibility index (Phi) is 10.7. The number of rotatable bonds is 9. The summed E-state index contributed by atoms with van der Waals surface area (Å²) >= 11 is 6.08. The highest BCUT2D eigenvalue weighted by atomic mass is 35.5. The molecule has 2 atom stereocenters. The standard InChI is InChI=1S/C29H33ClF3N3O/c1-7-10-18(8-2)26(16-19(9-3)21-13-22(30)17-23(31)14-21)34-28(36-29(4,5)6)35-27(37)20-11-12-24(32)25(33)15-20/h8-15,17,19,26H,2-3,7,16H2,1,4-6H3,(H2,34,35,36,37)/b18-10-. The third-order valence-electron chi connectivity index (χ3n) is 5.33. The lowest BCUT2D eigenvalue weighted by molar-refractivity contribution is 0.0974. The van der Waals surface area contributed by atoms with Crippen LogP contribution in [0.25, 0.3) is 0 Å². The number of nitrogens with one attached hydrogen (secondary N) is 2. The van der Waals surface area contributed by atoms with E-state index in [1.165, 1.54) is 18.2 Å². The molecule has 0 saturated heterocycles. The minimum atomic E-state index is -1.13. The molecule has 0 heterocycles. The van der Waals surface area contributed by atoms with Gasteiger partial charge in [0.05, 0.1) is 6.04 Å². The Morgan fingerprint density at radius 2 is 1.81 bits per heavy atom. The van der Waals surface area contributed by atoms with E-state index in [9.17, 15) is 18.0 Å². The van der Waals surface area contributed by atoms with Crippen molar-refractivity contribution in [2.24, 2.45) is 4.99 Å². The first-order valence-electron chi connectivity index (χ1n) is 11.9. The van der Waals surface area contributed by atoms with Crippen LogP contribution in [0.5, 0.6) is 0 Å². The van der Waals surface area contributed by atoms with Crippen LogP contribution in [-0.4, -0.2) is 23.4 Å². The molecule has 198 valence electrons. The van der Waals surface area contributed by atoms with E-state index in [0.29, 0.717) is 18.4 Å². The number of guanidine groups is 1. The molecule has 2 aromatic rings. The van der Waals surface area contributed by atoms with Gasteiger partial charge in [-0.1, -0.05) is 43.3 Å². The van der Waals surface area contributed by atoms with Crippen LogP contribution >= 0.6 is 11.6 Å². The third-order valence-corrected chi connectivity index (χ3v) is 5.55. The number of halogens is 4. The van der Waals surface area contributed by atoms with E-state index < -0.39 is 34.9 Å². The summed E-state index contributed by atoms with van der Waals surface area (Å²) in [6.07, 6.45) is 6.42. The van der Waals surface area contributed by atoms with Gasteiger partial charge in [-0.15, -0.1) is 6.58 Å². The molecule has 0 fully saturated rings. The largest absolute Gasteiger partial charge is 0.351 e. The first-order valence-corrected chi connectivity index (χ1v) is 12.3. The molecule has 1 amide bonds. The molecule has 0 aliphatic carbocycles. The van der Waals surface area contributed by atoms with Crippen LogP contribution in [0.1, 0.15) is 62.4 Å². The number of hydrogen-bond acceptors (Lipinski definition) is 2. The molecule has 8 heteroatoms. The van der Waals surface area contributed by atoms with Gasteiger partial charge in [0.2, 0.25) is 0 Å². The summed E-state index contributed by atoms with van der Waals surface area (Å²) in [7, 11) is 0. The summed E-state index contributed by atoms with van der Waals surface area (Å²) in [5, 5.41) is 6.11. The predicted octanol–water partition coefficient (Wildman–Crippen LogP) is 7.48. The lowest BCUT2D eigenvalue weighted by Gasteiger charge is -2.26. The summed E-state index contributed by atoms with van der Waals surface area (Å²) in [4.78, 5) is 17.7. The van der Waals surface area contributed by atoms with Gasteiger partial charge in [0.15, 0.2) is 17.6 Å². The van der Waals surface area contributed by atoms with Crippen LogP contribution in [0.15, 0.2) is 78.3 Å². The zero-order valence-electron chi connectivity index (χ0n) is 21.5. The molecule has 0 bridgehead atoms. The average Bonchev–Trinajstić information content (AvgIpc) is 2.80. The van der Waals surface area contributed by atoms with Crippen molar-refractivity contribution < 1.29 is 18.0 Å². The smallest absolute Gasteiger partial charge is 0.258 e. The minimum Gasteiger partial charge on any atom is -0.351 e. The van der Waals surface area contributed by atoms with Crippen molar-refractivity contribution >= 4 is 23.5 Å². The molecule has 2 rings (SSSR count). The van der Waals surface area contributed by atoms with Crippen molar-refractivity contribution in [3.63, 3.8) is 0 Å². The van der Waals surface area contributed by atoms with Gasteiger partial charge in [-0.2, -0.15) is 0 Å². The molecule has 2 unspecified atom stereocenters. The van der Waals surface area contributed by atoms with Gasteiger partial charge < -0.3 is 5.32 Å². The highest BCUT2D eigenvalue weighted by Gasteiger charge is 2.22. The second-order valence-electron chi connectivity index (χ2n) is 9.55. The van der Waals surface area contributed by atoms with E-state index in [2.05, 4.69) is 23.8 Å². The first-order chi connectivity index (χ1) is 17.4. The maximum Gasteiger partial charge on any atom is 0.258 e. The molecule has 0 aromatic heterocycles. The molecule has 37 heavy (non-hydrogen) atoms. The third kappa shape index (κ3) is 9.25. The van der Waals surface area contributed by atoms with Crippen LogP contribution in [0, 0.1) is 17.5 Å². The minimum absolute atomic E-state index is 0.0646. The zero-order valence-corrected chi connectivity index (χ0v) is 22.3. The highest BCUT2D eigenvalue weighted by molar-refractivity contribution is 6.30. The van der Waals surface area contributed by atoms with E-state index in [4.69, 9.17) is 16.6 Å². The van der Waals surface area contributed by atoms with Gasteiger partial charge >= 0.3 is 0 Å². The lowest BCUT2D eigenvalue weighted by Crippen LogP contribution is -2.50. The van der Waals surface area contributed by atoms with Crippen LogP contribution in [0.3, 0.4) is 0 Å². The number of carbonyl (C=O) groups excluding carboxylic acids is 1. The van der Waals surface area contributed by atoms with Crippen LogP contribution < -0.4 is 10.6 Å². The van der Waals surface area contributed by atoms with Crippen molar-refractivity contribution in [2.75, 3.05) is 0 Å². The fourth-order valence-electron chi connectivity index (χ4n) is 3.68. The van der Waals surface area contributed by atoms with Gasteiger partial charge in [-0.3, -0.25) is 10.1 Å². The molecule has 0 spiro atoms. The number of nitrogens with zero attached hydrogens (tertiary/aromatic N) is 1. The molecule has 2 aromatic carbocycles. The zero-order chi connectivity index (χ0) is 27.8. The van der Waals surface area contributed by atoms with Gasteiger partial charge in [0.25, 0.3) is 5.91 Å². The monoisotopic (exact) mass is 531 g/mol. The Morgan fingerprint density at radius 1 is 1.11 bits per heavy atom. The normalized spacial score (nSPS) is 14.1. The van der Waals surface area contributed by atoms with Crippen molar-refractivity contribution in [1.29, 1.82) is 0 Å². The van der Waals surface area contributed by atoms with E-state index >= 15 is 0 Å². The fourth-order valence-corrected chi connectivity index (χ4v) is 3.91. The van der Waals surface area contributed by atoms with Crippen LogP contribution in [-0.2, 0) is 0 Å². The molecule has 0 radical (unpaired) electrons. The number of allylic oxidation sites excluding steroid dienone is 2. The van der Waals surface area contributed by atoms with Crippen molar-refractivity contribution in [3.8, 4) is 0 Å². The number of carbonyl (C=O) groups is 1. The van der Waals surface area contributed by atoms with Gasteiger partial charge in [-0.05, 0) is 81.1 Å². The maximum absolute atomic E-state index is 14.1. The van der Waals surface area contributed by atoms with Crippen molar-refractivity contribution in [3.05, 3.63) is 107 Å². The fraction of sp³-hybridized carbons (Fsp3) is 0.310. The molecule has 0 aliphatic rings. The number of hydrogen-bond donors (Lipinski definition) is 2. The van der Waals surface area contributed by atoms with Crippen molar-refractivity contribution in [2.45, 2.75) is 58.0 Å². The van der Waals surface area contributed by atoms with E-state index in [1.54, 1.807) is 18.2 Å². The van der Waals surface area contributed by atoms with Gasteiger partial charge in [0, 0.05) is 22.0 Å². The lowest BCUT2D eigenvalue weighted by atomic mass is 9.89. The topological polar surface area (TPSA) is 53.5 Å². The summed E-state index contributed by atoms with van der Waals surface area (Å²) in [5.74, 6) is -3.49. The molecule has 4 nitrogen and oxygen atoms in total. The SMILES string of the molecule is C=C/C(=C/CC)C(CC(C=C)c1cc(F)cc(Cl)c1)N=C(NC(=O)c1ccc(F)c(F)c1)NC(C)(C)C. The summed E-state index contributed by atoms with van der Waals surface area (Å²) in [6, 6.07) is 6.69. The van der Waals surface area contributed by atoms with Gasteiger partial charge in [0.1, 0.15) is 5.82 Å². The van der Waals surface area contributed by atoms with Gasteiger partial charge in [-0.25, -0.2) is 18.2 Å². The Hall–Kier alpha value is -3.32. The molecule has 0 aliphatic heterocycles. The molecule has 0 saturated carbocycles. The van der Waals surface area contributed by atoms with Crippen LogP contribution in [0.4, 0.5) is 13.2 Å². The number of aliphatic imine (C=N–C) groups is 1. The molecule has 2 N–H and O–H groups in total. The second-order valence-corrected chi connectivity index (χ2v) is 9.99. The number of amides is 1. The molecular weight excluding hydrogens is 499 g/mol. The predicted molar refractivity (Wildman–Crippen MR) is 145 cm³/mol. The Labute approximate surface area is 222 Å². The maximum atomic E-state index is 14.1. The highest BCUT2D eigenvalue weighted by Crippen LogP contribution is 2.30. The summed E-state index contributed by atoms with van der Waals surface area (Å²) < 4.78 is 41.2. The number of benzene rings is 2. The molecular formula is C29H33ClF3N3O. The van der Waals surface area contributed by atoms with E-state index in [0.717, 1.165) is 17.7 Å². The van der Waals surface area contributed by atoms with E-state index in [-0.39, 0.29) is 22.5 Å². The Bertz CT molecular complexity index is 1180. The second kappa shape index (κ2) is 13.3. The van der Waals surface area contributed by atoms with E-state index in [1.807, 2.05) is 33.8 Å². The summed E-state index contributed by atoms with van der Waals surface area (Å²) in [5.41, 5.74) is 0.871. The quantitative estimate of drug-likeness (QED) is 0.152. The summed E-state index contributed by atoms with van der Waals surface area (Å²) in [6.45, 7) is 15.5. The van der Waals surface area contributed by atoms with Crippen molar-refractivity contribution in [1.82, 2.24) is 10.6 Å².